The number of fused-ring (bicyclic) bond motifs is 6. The third-order valence-corrected chi connectivity index (χ3v) is 7.25. The molecule has 0 aliphatic carbocycles. The van der Waals surface area contributed by atoms with E-state index in [9.17, 15) is 10.1 Å². The summed E-state index contributed by atoms with van der Waals surface area (Å²) in [5.41, 5.74) is 6.35. The second-order valence-corrected chi connectivity index (χ2v) is 9.62. The fraction of sp³-hybridized carbons (Fsp3) is 0.167. The molecule has 1 aliphatic heterocycles. The first-order valence-corrected chi connectivity index (χ1v) is 11.9. The molecule has 0 amide bonds. The largest absolute Gasteiger partial charge is 0.341 e. The Morgan fingerprint density at radius 1 is 0.914 bits per heavy atom. The molecule has 4 aromatic carbocycles. The molecule has 0 saturated heterocycles. The molecule has 2 heterocycles. The molecule has 35 heavy (non-hydrogen) atoms. The van der Waals surface area contributed by atoms with Gasteiger partial charge < -0.3 is 4.57 Å². The van der Waals surface area contributed by atoms with Crippen LogP contribution in [-0.2, 0) is 12.0 Å². The van der Waals surface area contributed by atoms with Crippen molar-refractivity contribution in [1.82, 2.24) is 4.57 Å². The van der Waals surface area contributed by atoms with E-state index < -0.39 is 0 Å². The van der Waals surface area contributed by atoms with Crippen LogP contribution < -0.4 is 0 Å². The highest BCUT2D eigenvalue weighted by Gasteiger charge is 2.35. The van der Waals surface area contributed by atoms with Gasteiger partial charge in [0.1, 0.15) is 0 Å². The molecule has 1 aliphatic rings. The highest BCUT2D eigenvalue weighted by atomic mass is 16.6. The standard InChI is InChI=1S/C30H25N3O2/c1-4-32-26-14-9-19(17-23(26)24-18-21(33(34)35)12-15-27(24)32)10-16-28-30(2,3)29-22-8-6-5-7-20(22)11-13-25(29)31-28/h5-18H,4H2,1-3H3/b16-10+. The number of aryl methyl sites for hydroxylation is 1. The average molecular weight is 460 g/mol. The number of nitro groups is 1. The Morgan fingerprint density at radius 2 is 1.66 bits per heavy atom. The lowest BCUT2D eigenvalue weighted by atomic mass is 9.79. The summed E-state index contributed by atoms with van der Waals surface area (Å²) >= 11 is 0. The lowest BCUT2D eigenvalue weighted by Crippen LogP contribution is -2.24. The maximum atomic E-state index is 11.4. The first-order valence-electron chi connectivity index (χ1n) is 11.9. The molecule has 0 N–H and O–H groups in total. The predicted octanol–water partition coefficient (Wildman–Crippen LogP) is 7.95. The Labute approximate surface area is 203 Å². The van der Waals surface area contributed by atoms with E-state index in [2.05, 4.69) is 92.1 Å². The second kappa shape index (κ2) is 7.64. The van der Waals surface area contributed by atoms with Crippen molar-refractivity contribution >= 4 is 55.7 Å². The van der Waals surface area contributed by atoms with Crippen LogP contribution >= 0.6 is 0 Å². The van der Waals surface area contributed by atoms with Gasteiger partial charge in [-0.25, -0.2) is 0 Å². The summed E-state index contributed by atoms with van der Waals surface area (Å²) in [4.78, 5) is 16.0. The number of hydrogen-bond donors (Lipinski definition) is 0. The first-order chi connectivity index (χ1) is 16.9. The van der Waals surface area contributed by atoms with Crippen LogP contribution in [0.15, 0.2) is 83.9 Å². The van der Waals surface area contributed by atoms with E-state index in [0.29, 0.717) is 0 Å². The van der Waals surface area contributed by atoms with Crippen molar-refractivity contribution in [1.29, 1.82) is 0 Å². The SMILES string of the molecule is CCn1c2ccc(/C=C/C3=Nc4ccc5ccccc5c4C3(C)C)cc2c2cc([N+](=O)[O-])ccc21. The molecule has 5 nitrogen and oxygen atoms in total. The molecule has 1 aromatic heterocycles. The van der Waals surface area contributed by atoms with Crippen molar-refractivity contribution in [2.45, 2.75) is 32.7 Å². The van der Waals surface area contributed by atoms with Gasteiger partial charge in [-0.1, -0.05) is 56.3 Å². The predicted molar refractivity (Wildman–Crippen MR) is 145 cm³/mol. The van der Waals surface area contributed by atoms with Gasteiger partial charge in [-0.3, -0.25) is 15.1 Å². The number of aliphatic imine (C=N–C) groups is 1. The van der Waals surface area contributed by atoms with Crippen LogP contribution in [0.1, 0.15) is 31.9 Å². The summed E-state index contributed by atoms with van der Waals surface area (Å²) < 4.78 is 2.20. The molecular weight excluding hydrogens is 434 g/mol. The maximum Gasteiger partial charge on any atom is 0.270 e. The minimum Gasteiger partial charge on any atom is -0.341 e. The van der Waals surface area contributed by atoms with Crippen LogP contribution in [0.3, 0.4) is 0 Å². The zero-order valence-corrected chi connectivity index (χ0v) is 19.9. The molecule has 0 atom stereocenters. The summed E-state index contributed by atoms with van der Waals surface area (Å²) in [6.07, 6.45) is 4.21. The van der Waals surface area contributed by atoms with Crippen molar-refractivity contribution < 1.29 is 4.92 Å². The van der Waals surface area contributed by atoms with Gasteiger partial charge in [0.2, 0.25) is 0 Å². The van der Waals surface area contributed by atoms with E-state index in [1.165, 1.54) is 16.3 Å². The zero-order chi connectivity index (χ0) is 24.3. The van der Waals surface area contributed by atoms with E-state index in [4.69, 9.17) is 4.99 Å². The highest BCUT2D eigenvalue weighted by molar-refractivity contribution is 6.14. The van der Waals surface area contributed by atoms with Crippen molar-refractivity contribution in [2.75, 3.05) is 0 Å². The van der Waals surface area contributed by atoms with Gasteiger partial charge in [-0.05, 0) is 59.2 Å². The monoisotopic (exact) mass is 459 g/mol. The minimum absolute atomic E-state index is 0.112. The van der Waals surface area contributed by atoms with Crippen LogP contribution in [0.25, 0.3) is 38.7 Å². The normalized spacial score (nSPS) is 14.8. The Hall–Kier alpha value is -4.25. The molecular formula is C30H25N3O2. The Balaban J connectivity index is 1.43. The van der Waals surface area contributed by atoms with Gasteiger partial charge in [0.05, 0.1) is 16.3 Å². The molecule has 0 saturated carbocycles. The number of hydrogen-bond acceptors (Lipinski definition) is 3. The van der Waals surface area contributed by atoms with Crippen LogP contribution in [0.2, 0.25) is 0 Å². The summed E-state index contributed by atoms with van der Waals surface area (Å²) in [6, 6.07) is 24.2. The molecule has 0 spiro atoms. The van der Waals surface area contributed by atoms with Crippen molar-refractivity contribution in [3.63, 3.8) is 0 Å². The Bertz CT molecular complexity index is 1740. The summed E-state index contributed by atoms with van der Waals surface area (Å²) in [6.45, 7) is 7.34. The number of benzene rings is 4. The van der Waals surface area contributed by atoms with Crippen LogP contribution in [-0.4, -0.2) is 15.2 Å². The highest BCUT2D eigenvalue weighted by Crippen LogP contribution is 2.44. The average Bonchev–Trinajstić information content (AvgIpc) is 3.32. The number of non-ortho nitro benzene ring substituents is 1. The number of rotatable bonds is 4. The Kier molecular flexibility index (Phi) is 4.65. The van der Waals surface area contributed by atoms with Gasteiger partial charge in [0.25, 0.3) is 5.69 Å². The van der Waals surface area contributed by atoms with E-state index in [1.54, 1.807) is 12.1 Å². The third-order valence-electron chi connectivity index (χ3n) is 7.25. The van der Waals surface area contributed by atoms with Gasteiger partial charge in [0.15, 0.2) is 0 Å². The smallest absolute Gasteiger partial charge is 0.270 e. The van der Waals surface area contributed by atoms with Crippen LogP contribution in [0, 0.1) is 10.1 Å². The topological polar surface area (TPSA) is 60.4 Å². The van der Waals surface area contributed by atoms with Gasteiger partial charge >= 0.3 is 0 Å². The molecule has 172 valence electrons. The fourth-order valence-corrected chi connectivity index (χ4v) is 5.50. The zero-order valence-electron chi connectivity index (χ0n) is 19.9. The number of aromatic nitrogens is 1. The number of nitro benzene ring substituents is 1. The van der Waals surface area contributed by atoms with Crippen molar-refractivity contribution in [2.24, 2.45) is 4.99 Å². The molecule has 6 rings (SSSR count). The summed E-state index contributed by atoms with van der Waals surface area (Å²) in [7, 11) is 0. The quantitative estimate of drug-likeness (QED) is 0.202. The molecule has 0 radical (unpaired) electrons. The second-order valence-electron chi connectivity index (χ2n) is 9.62. The lowest BCUT2D eigenvalue weighted by molar-refractivity contribution is -0.384. The van der Waals surface area contributed by atoms with Crippen molar-refractivity contribution in [3.05, 3.63) is 100 Å². The van der Waals surface area contributed by atoms with E-state index >= 15 is 0 Å². The number of nitrogens with zero attached hydrogens (tertiary/aromatic N) is 3. The van der Waals surface area contributed by atoms with E-state index in [-0.39, 0.29) is 16.0 Å². The van der Waals surface area contributed by atoms with Crippen LogP contribution in [0.5, 0.6) is 0 Å². The maximum absolute atomic E-state index is 11.4. The van der Waals surface area contributed by atoms with Gasteiger partial charge in [-0.2, -0.15) is 0 Å². The molecule has 0 unspecified atom stereocenters. The molecule has 0 fully saturated rings. The van der Waals surface area contributed by atoms with E-state index in [1.807, 2.05) is 6.07 Å². The van der Waals surface area contributed by atoms with Gasteiger partial charge in [0, 0.05) is 45.9 Å². The molecule has 5 heteroatoms. The molecule has 0 bridgehead atoms. The van der Waals surface area contributed by atoms with Crippen LogP contribution in [0.4, 0.5) is 11.4 Å². The Morgan fingerprint density at radius 3 is 2.43 bits per heavy atom. The summed E-state index contributed by atoms with van der Waals surface area (Å²) in [5, 5.41) is 15.8. The summed E-state index contributed by atoms with van der Waals surface area (Å²) in [5.74, 6) is 0. The third kappa shape index (κ3) is 3.19. The molecule has 5 aromatic rings. The van der Waals surface area contributed by atoms with Crippen molar-refractivity contribution in [3.8, 4) is 0 Å². The first kappa shape index (κ1) is 21.3. The minimum atomic E-state index is -0.333. The van der Waals surface area contributed by atoms with Gasteiger partial charge in [-0.15, -0.1) is 0 Å². The lowest BCUT2D eigenvalue weighted by Gasteiger charge is -2.22. The van der Waals surface area contributed by atoms with E-state index in [0.717, 1.165) is 45.3 Å². The number of allylic oxidation sites excluding steroid dienone is 1. The fourth-order valence-electron chi connectivity index (χ4n) is 5.50.